The molecule has 0 saturated carbocycles. The molecule has 94 valence electrons. The predicted octanol–water partition coefficient (Wildman–Crippen LogP) is 2.24. The summed E-state index contributed by atoms with van der Waals surface area (Å²) >= 11 is 5.25. The zero-order chi connectivity index (χ0) is 12.3. The molecular formula is C11H16BrN3OS. The largest absolute Gasteiger partial charge is 0.383 e. The zero-order valence-corrected chi connectivity index (χ0v) is 12.4. The fourth-order valence-corrected chi connectivity index (χ4v) is 3.24. The molecule has 0 bridgehead atoms. The van der Waals surface area contributed by atoms with Crippen molar-refractivity contribution in [3.8, 4) is 0 Å². The highest BCUT2D eigenvalue weighted by molar-refractivity contribution is 9.09. The number of nitrogens with zero attached hydrogens (tertiary/aromatic N) is 3. The van der Waals surface area contributed by atoms with Gasteiger partial charge in [-0.25, -0.2) is 4.98 Å². The average Bonchev–Trinajstić information content (AvgIpc) is 2.77. The van der Waals surface area contributed by atoms with Crippen LogP contribution < -0.4 is 0 Å². The van der Waals surface area contributed by atoms with E-state index < -0.39 is 0 Å². The van der Waals surface area contributed by atoms with Crippen molar-refractivity contribution in [1.29, 1.82) is 0 Å². The number of fused-ring (bicyclic) bond motifs is 1. The van der Waals surface area contributed by atoms with Gasteiger partial charge in [0.15, 0.2) is 4.96 Å². The summed E-state index contributed by atoms with van der Waals surface area (Å²) in [5.41, 5.74) is 1.11. The van der Waals surface area contributed by atoms with Gasteiger partial charge >= 0.3 is 0 Å². The molecule has 2 aromatic heterocycles. The zero-order valence-electron chi connectivity index (χ0n) is 9.97. The van der Waals surface area contributed by atoms with Crippen LogP contribution >= 0.6 is 27.3 Å². The number of methoxy groups -OCH3 is 1. The summed E-state index contributed by atoms with van der Waals surface area (Å²) in [4.78, 5) is 8.22. The standard InChI is InChI=1S/C11H16BrN3OS/c1-14(5-9(12)8-16-2)6-10-7-15-3-4-17-11(15)13-10/h3-4,7,9H,5-6,8H2,1-2H3. The van der Waals surface area contributed by atoms with Crippen molar-refractivity contribution in [1.82, 2.24) is 14.3 Å². The minimum atomic E-state index is 0.362. The van der Waals surface area contributed by atoms with Gasteiger partial charge in [0.2, 0.25) is 0 Å². The van der Waals surface area contributed by atoms with Gasteiger partial charge in [0.1, 0.15) is 0 Å². The fraction of sp³-hybridized carbons (Fsp3) is 0.545. The molecule has 4 nitrogen and oxygen atoms in total. The second-order valence-electron chi connectivity index (χ2n) is 4.07. The van der Waals surface area contributed by atoms with Gasteiger partial charge in [-0.3, -0.25) is 9.30 Å². The van der Waals surface area contributed by atoms with Crippen LogP contribution in [0, 0.1) is 0 Å². The van der Waals surface area contributed by atoms with E-state index in [0.29, 0.717) is 4.83 Å². The SMILES string of the molecule is COCC(Br)CN(C)Cc1cn2ccsc2n1. The summed E-state index contributed by atoms with van der Waals surface area (Å²) in [6.07, 6.45) is 4.12. The molecule has 0 saturated heterocycles. The number of hydrogen-bond donors (Lipinski definition) is 0. The molecule has 1 unspecified atom stereocenters. The number of alkyl halides is 1. The molecule has 17 heavy (non-hydrogen) atoms. The number of halogens is 1. The predicted molar refractivity (Wildman–Crippen MR) is 74.0 cm³/mol. The Kier molecular flexibility index (Phi) is 4.55. The number of thiazole rings is 1. The highest BCUT2D eigenvalue weighted by Crippen LogP contribution is 2.13. The summed E-state index contributed by atoms with van der Waals surface area (Å²) in [5, 5.41) is 2.04. The van der Waals surface area contributed by atoms with Gasteiger partial charge in [0, 0.05) is 38.0 Å². The van der Waals surface area contributed by atoms with Crippen LogP contribution in [-0.4, -0.2) is 46.4 Å². The van der Waals surface area contributed by atoms with Crippen LogP contribution in [0.2, 0.25) is 0 Å². The highest BCUT2D eigenvalue weighted by Gasteiger charge is 2.10. The Labute approximate surface area is 113 Å². The van der Waals surface area contributed by atoms with Crippen LogP contribution in [0.25, 0.3) is 4.96 Å². The quantitative estimate of drug-likeness (QED) is 0.765. The Morgan fingerprint density at radius 1 is 1.65 bits per heavy atom. The molecule has 0 radical (unpaired) electrons. The van der Waals surface area contributed by atoms with Crippen LogP contribution in [0.3, 0.4) is 0 Å². The maximum Gasteiger partial charge on any atom is 0.193 e. The first kappa shape index (κ1) is 13.0. The van der Waals surface area contributed by atoms with Gasteiger partial charge in [-0.15, -0.1) is 11.3 Å². The number of imidazole rings is 1. The first-order valence-corrected chi connectivity index (χ1v) is 7.21. The lowest BCUT2D eigenvalue weighted by atomic mass is 10.3. The molecule has 0 N–H and O–H groups in total. The maximum atomic E-state index is 5.10. The molecule has 1 atom stereocenters. The van der Waals surface area contributed by atoms with Crippen LogP contribution in [0.4, 0.5) is 0 Å². The number of rotatable bonds is 6. The second kappa shape index (κ2) is 5.95. The molecule has 0 aromatic carbocycles. The topological polar surface area (TPSA) is 29.8 Å². The molecule has 0 amide bonds. The monoisotopic (exact) mass is 317 g/mol. The summed E-state index contributed by atoms with van der Waals surface area (Å²) in [6, 6.07) is 0. The lowest BCUT2D eigenvalue weighted by molar-refractivity contribution is 0.184. The van der Waals surface area contributed by atoms with Gasteiger partial charge < -0.3 is 4.74 Å². The smallest absolute Gasteiger partial charge is 0.193 e. The van der Waals surface area contributed by atoms with E-state index >= 15 is 0 Å². The number of ether oxygens (including phenoxy) is 1. The van der Waals surface area contributed by atoms with Crippen molar-refractivity contribution in [2.45, 2.75) is 11.4 Å². The average molecular weight is 318 g/mol. The minimum absolute atomic E-state index is 0.362. The summed E-state index contributed by atoms with van der Waals surface area (Å²) in [6.45, 7) is 2.53. The van der Waals surface area contributed by atoms with Crippen molar-refractivity contribution < 1.29 is 4.74 Å². The first-order chi connectivity index (χ1) is 8.19. The summed E-state index contributed by atoms with van der Waals surface area (Å²) in [5.74, 6) is 0. The van der Waals surface area contributed by atoms with Gasteiger partial charge in [0.05, 0.1) is 17.1 Å². The van der Waals surface area contributed by atoms with E-state index in [9.17, 15) is 0 Å². The molecule has 2 aromatic rings. The minimum Gasteiger partial charge on any atom is -0.383 e. The van der Waals surface area contributed by atoms with Crippen LogP contribution in [-0.2, 0) is 11.3 Å². The van der Waals surface area contributed by atoms with Gasteiger partial charge in [-0.2, -0.15) is 0 Å². The number of aromatic nitrogens is 2. The van der Waals surface area contributed by atoms with Gasteiger partial charge in [-0.05, 0) is 7.05 Å². The van der Waals surface area contributed by atoms with Crippen molar-refractivity contribution in [3.63, 3.8) is 0 Å². The molecule has 0 spiro atoms. The Balaban J connectivity index is 1.89. The van der Waals surface area contributed by atoms with Gasteiger partial charge in [-0.1, -0.05) is 15.9 Å². The molecule has 2 rings (SSSR count). The molecule has 6 heteroatoms. The van der Waals surface area contributed by atoms with Crippen molar-refractivity contribution in [3.05, 3.63) is 23.5 Å². The van der Waals surface area contributed by atoms with E-state index in [4.69, 9.17) is 4.74 Å². The molecule has 2 heterocycles. The Morgan fingerprint density at radius 3 is 3.18 bits per heavy atom. The van der Waals surface area contributed by atoms with Crippen molar-refractivity contribution in [2.75, 3.05) is 27.3 Å². The van der Waals surface area contributed by atoms with E-state index in [1.807, 2.05) is 11.6 Å². The van der Waals surface area contributed by atoms with Crippen LogP contribution in [0.5, 0.6) is 0 Å². The number of hydrogen-bond acceptors (Lipinski definition) is 4. The molecule has 0 aliphatic heterocycles. The lowest BCUT2D eigenvalue weighted by Crippen LogP contribution is -2.28. The van der Waals surface area contributed by atoms with E-state index in [-0.39, 0.29) is 0 Å². The summed E-state index contributed by atoms with van der Waals surface area (Å²) in [7, 11) is 3.81. The lowest BCUT2D eigenvalue weighted by Gasteiger charge is -2.18. The van der Waals surface area contributed by atoms with Crippen LogP contribution in [0.15, 0.2) is 17.8 Å². The Hall–Kier alpha value is -0.430. The first-order valence-electron chi connectivity index (χ1n) is 5.41. The van der Waals surface area contributed by atoms with Gasteiger partial charge in [0.25, 0.3) is 0 Å². The van der Waals surface area contributed by atoms with E-state index in [1.54, 1.807) is 18.4 Å². The summed E-state index contributed by atoms with van der Waals surface area (Å²) < 4.78 is 7.16. The molecule has 0 aliphatic carbocycles. The van der Waals surface area contributed by atoms with E-state index in [2.05, 4.69) is 43.5 Å². The van der Waals surface area contributed by atoms with E-state index in [1.165, 1.54) is 0 Å². The molecular weight excluding hydrogens is 302 g/mol. The Morgan fingerprint density at radius 2 is 2.47 bits per heavy atom. The third-order valence-electron chi connectivity index (χ3n) is 2.43. The maximum absolute atomic E-state index is 5.10. The highest BCUT2D eigenvalue weighted by atomic mass is 79.9. The van der Waals surface area contributed by atoms with E-state index in [0.717, 1.165) is 30.4 Å². The van der Waals surface area contributed by atoms with Crippen molar-refractivity contribution >= 4 is 32.2 Å². The second-order valence-corrected chi connectivity index (χ2v) is 6.24. The third-order valence-corrected chi connectivity index (χ3v) is 3.76. The normalized spacial score (nSPS) is 13.6. The van der Waals surface area contributed by atoms with Crippen LogP contribution in [0.1, 0.15) is 5.69 Å². The molecule has 0 fully saturated rings. The fourth-order valence-electron chi connectivity index (χ4n) is 1.77. The Bertz CT molecular complexity index is 441. The molecule has 0 aliphatic rings. The third kappa shape index (κ3) is 3.51. The van der Waals surface area contributed by atoms with Crippen molar-refractivity contribution in [2.24, 2.45) is 0 Å².